The van der Waals surface area contributed by atoms with E-state index < -0.39 is 0 Å². The first-order valence-corrected chi connectivity index (χ1v) is 6.51. The third kappa shape index (κ3) is 4.40. The number of hydrogen-bond donors (Lipinski definition) is 2. The Bertz CT molecular complexity index is 521. The zero-order chi connectivity index (χ0) is 15.0. The summed E-state index contributed by atoms with van der Waals surface area (Å²) in [5, 5.41) is 7.70. The van der Waals surface area contributed by atoms with E-state index in [4.69, 9.17) is 33.3 Å². The molecule has 1 rings (SSSR count). The molecule has 5 nitrogen and oxygen atoms in total. The summed E-state index contributed by atoms with van der Waals surface area (Å²) in [5.41, 5.74) is 3.35. The topological polar surface area (TPSA) is 54.9 Å². The third-order valence-electron chi connectivity index (χ3n) is 2.29. The lowest BCUT2D eigenvalue weighted by molar-refractivity contribution is 0.355. The van der Waals surface area contributed by atoms with Gasteiger partial charge in [-0.1, -0.05) is 17.7 Å². The molecule has 0 aliphatic rings. The number of nitrogens with zero attached hydrogens (tertiary/aromatic N) is 1. The molecular formula is C13H16ClN3O2S. The Morgan fingerprint density at radius 1 is 1.45 bits per heavy atom. The Kier molecular flexibility index (Phi) is 6.83. The van der Waals surface area contributed by atoms with Crippen LogP contribution in [0.5, 0.6) is 11.5 Å². The van der Waals surface area contributed by atoms with E-state index in [1.165, 1.54) is 7.11 Å². The van der Waals surface area contributed by atoms with E-state index in [1.54, 1.807) is 31.5 Å². The highest BCUT2D eigenvalue weighted by molar-refractivity contribution is 7.80. The van der Waals surface area contributed by atoms with Gasteiger partial charge in [-0.2, -0.15) is 5.10 Å². The van der Waals surface area contributed by atoms with Crippen LogP contribution in [0.25, 0.3) is 0 Å². The number of ether oxygens (including phenoxy) is 2. The van der Waals surface area contributed by atoms with Gasteiger partial charge in [0.15, 0.2) is 16.6 Å². The van der Waals surface area contributed by atoms with Gasteiger partial charge in [0.05, 0.1) is 25.5 Å². The lowest BCUT2D eigenvalue weighted by Crippen LogP contribution is -2.31. The lowest BCUT2D eigenvalue weighted by atomic mass is 10.2. The Balaban J connectivity index is 2.77. The Morgan fingerprint density at radius 2 is 2.20 bits per heavy atom. The number of hydrogen-bond acceptors (Lipinski definition) is 4. The number of methoxy groups -OCH3 is 2. The molecule has 0 atom stereocenters. The number of nitrogens with one attached hydrogen (secondary N) is 2. The first kappa shape index (κ1) is 16.3. The van der Waals surface area contributed by atoms with Gasteiger partial charge in [0, 0.05) is 12.1 Å². The van der Waals surface area contributed by atoms with Crippen molar-refractivity contribution in [2.75, 3.05) is 20.8 Å². The van der Waals surface area contributed by atoms with Crippen LogP contribution in [0.4, 0.5) is 0 Å². The fourth-order valence-electron chi connectivity index (χ4n) is 1.37. The number of hydrazone groups is 1. The van der Waals surface area contributed by atoms with Gasteiger partial charge in [-0.05, 0) is 24.4 Å². The quantitative estimate of drug-likeness (QED) is 0.365. The smallest absolute Gasteiger partial charge is 0.187 e. The molecule has 0 aliphatic carbocycles. The molecule has 0 saturated heterocycles. The average molecular weight is 314 g/mol. The highest BCUT2D eigenvalue weighted by atomic mass is 35.5. The second-order valence-electron chi connectivity index (χ2n) is 3.57. The van der Waals surface area contributed by atoms with Crippen molar-refractivity contribution in [3.05, 3.63) is 35.4 Å². The molecule has 0 amide bonds. The highest BCUT2D eigenvalue weighted by Crippen LogP contribution is 2.36. The summed E-state index contributed by atoms with van der Waals surface area (Å²) < 4.78 is 10.3. The van der Waals surface area contributed by atoms with Gasteiger partial charge < -0.3 is 14.8 Å². The summed E-state index contributed by atoms with van der Waals surface area (Å²) >= 11 is 11.2. The van der Waals surface area contributed by atoms with Gasteiger partial charge in [0.1, 0.15) is 0 Å². The van der Waals surface area contributed by atoms with Crippen LogP contribution in [0.15, 0.2) is 29.9 Å². The van der Waals surface area contributed by atoms with E-state index in [9.17, 15) is 0 Å². The molecule has 1 aromatic rings. The van der Waals surface area contributed by atoms with E-state index >= 15 is 0 Å². The van der Waals surface area contributed by atoms with Gasteiger partial charge in [-0.25, -0.2) is 0 Å². The summed E-state index contributed by atoms with van der Waals surface area (Å²) in [5.74, 6) is 1.02. The van der Waals surface area contributed by atoms with E-state index in [0.717, 1.165) is 0 Å². The molecule has 2 N–H and O–H groups in total. The maximum Gasteiger partial charge on any atom is 0.187 e. The van der Waals surface area contributed by atoms with Crippen molar-refractivity contribution in [1.82, 2.24) is 10.7 Å². The van der Waals surface area contributed by atoms with Gasteiger partial charge in [0.2, 0.25) is 0 Å². The zero-order valence-electron chi connectivity index (χ0n) is 11.3. The number of rotatable bonds is 6. The van der Waals surface area contributed by atoms with Crippen LogP contribution < -0.4 is 20.2 Å². The largest absolute Gasteiger partial charge is 0.493 e. The van der Waals surface area contributed by atoms with Crippen LogP contribution in [0.2, 0.25) is 5.02 Å². The molecule has 0 aromatic heterocycles. The summed E-state index contributed by atoms with van der Waals surface area (Å²) in [6.45, 7) is 4.14. The van der Waals surface area contributed by atoms with Crippen LogP contribution in [0.3, 0.4) is 0 Å². The fourth-order valence-corrected chi connectivity index (χ4v) is 1.79. The number of thiocarbonyl (C=S) groups is 1. The van der Waals surface area contributed by atoms with Crippen molar-refractivity contribution in [1.29, 1.82) is 0 Å². The molecule has 0 bridgehead atoms. The molecule has 0 saturated carbocycles. The lowest BCUT2D eigenvalue weighted by Gasteiger charge is -2.10. The summed E-state index contributed by atoms with van der Waals surface area (Å²) in [6.07, 6.45) is 3.25. The highest BCUT2D eigenvalue weighted by Gasteiger charge is 2.11. The third-order valence-corrected chi connectivity index (χ3v) is 2.92. The van der Waals surface area contributed by atoms with Crippen LogP contribution >= 0.6 is 23.8 Å². The van der Waals surface area contributed by atoms with Gasteiger partial charge in [-0.3, -0.25) is 5.43 Å². The number of benzene rings is 1. The summed E-state index contributed by atoms with van der Waals surface area (Å²) in [6, 6.07) is 3.52. The Morgan fingerprint density at radius 3 is 2.80 bits per heavy atom. The van der Waals surface area contributed by atoms with Crippen LogP contribution in [0, 0.1) is 0 Å². The van der Waals surface area contributed by atoms with Crippen LogP contribution in [0.1, 0.15) is 5.56 Å². The predicted molar refractivity (Wildman–Crippen MR) is 86.1 cm³/mol. The maximum absolute atomic E-state index is 6.21. The molecule has 0 aliphatic heterocycles. The summed E-state index contributed by atoms with van der Waals surface area (Å²) in [7, 11) is 3.07. The molecule has 0 unspecified atom stereocenters. The Hall–Kier alpha value is -1.79. The second-order valence-corrected chi connectivity index (χ2v) is 4.36. The molecular weight excluding hydrogens is 298 g/mol. The van der Waals surface area contributed by atoms with E-state index in [2.05, 4.69) is 22.4 Å². The Labute approximate surface area is 128 Å². The fraction of sp³-hybridized carbons (Fsp3) is 0.231. The van der Waals surface area contributed by atoms with Crippen molar-refractivity contribution in [2.45, 2.75) is 0 Å². The van der Waals surface area contributed by atoms with Crippen molar-refractivity contribution < 1.29 is 9.47 Å². The molecule has 0 spiro atoms. The van der Waals surface area contributed by atoms with E-state index in [0.29, 0.717) is 33.7 Å². The van der Waals surface area contributed by atoms with E-state index in [1.807, 2.05) is 0 Å². The minimum atomic E-state index is 0.401. The minimum absolute atomic E-state index is 0.401. The van der Waals surface area contributed by atoms with Gasteiger partial charge in [0.25, 0.3) is 0 Å². The van der Waals surface area contributed by atoms with E-state index in [-0.39, 0.29) is 0 Å². The number of halogens is 1. The molecule has 0 fully saturated rings. The normalized spacial score (nSPS) is 10.2. The summed E-state index contributed by atoms with van der Waals surface area (Å²) in [4.78, 5) is 0. The molecule has 7 heteroatoms. The molecule has 108 valence electrons. The standard InChI is InChI=1S/C13H16ClN3O2S/c1-4-7-15-13(20)17-16-8-9-5-6-10(18-2)12(19-3)11(9)14/h4-6,8H,1,7H2,2-3H3,(H2,15,17,20)/b16-8+. The average Bonchev–Trinajstić information content (AvgIpc) is 2.46. The maximum atomic E-state index is 6.21. The van der Waals surface area contributed by atoms with Crippen LogP contribution in [-0.4, -0.2) is 32.1 Å². The van der Waals surface area contributed by atoms with Gasteiger partial charge in [-0.15, -0.1) is 6.58 Å². The molecule has 20 heavy (non-hydrogen) atoms. The van der Waals surface area contributed by atoms with Crippen molar-refractivity contribution >= 4 is 35.1 Å². The molecule has 0 radical (unpaired) electrons. The monoisotopic (exact) mass is 313 g/mol. The molecule has 0 heterocycles. The SMILES string of the molecule is C=CCNC(=S)N/N=C/c1ccc(OC)c(OC)c1Cl. The van der Waals surface area contributed by atoms with Crippen LogP contribution in [-0.2, 0) is 0 Å². The first-order chi connectivity index (χ1) is 9.63. The van der Waals surface area contributed by atoms with Gasteiger partial charge >= 0.3 is 0 Å². The van der Waals surface area contributed by atoms with Crippen molar-refractivity contribution in [2.24, 2.45) is 5.10 Å². The molecule has 1 aromatic carbocycles. The minimum Gasteiger partial charge on any atom is -0.493 e. The predicted octanol–water partition coefficient (Wildman–Crippen LogP) is 2.34. The van der Waals surface area contributed by atoms with Crippen molar-refractivity contribution in [3.63, 3.8) is 0 Å². The zero-order valence-corrected chi connectivity index (χ0v) is 12.8. The second kappa shape index (κ2) is 8.39. The first-order valence-electron chi connectivity index (χ1n) is 5.72. The van der Waals surface area contributed by atoms with Crippen molar-refractivity contribution in [3.8, 4) is 11.5 Å².